The maximum absolute atomic E-state index is 10.2. The fraction of sp³-hybridized carbons (Fsp3) is 0.571. The van der Waals surface area contributed by atoms with E-state index in [0.717, 1.165) is 0 Å². The molecular formula is C7H11N3O3. The number of hydrogen-bond acceptors (Lipinski definition) is 4. The number of aryl methyl sites for hydroxylation is 1. The van der Waals surface area contributed by atoms with Crippen LogP contribution >= 0.6 is 0 Å². The number of nitrogens with zero attached hydrogens (tertiary/aromatic N) is 2. The summed E-state index contributed by atoms with van der Waals surface area (Å²) in [4.78, 5) is 9.71. The molecule has 1 aromatic heterocycles. The van der Waals surface area contributed by atoms with Crippen molar-refractivity contribution in [3.63, 3.8) is 0 Å². The molecule has 0 spiro atoms. The zero-order valence-corrected chi connectivity index (χ0v) is 7.23. The lowest BCUT2D eigenvalue weighted by molar-refractivity contribution is -0.389. The van der Waals surface area contributed by atoms with Gasteiger partial charge in [0, 0.05) is 0 Å². The van der Waals surface area contributed by atoms with Gasteiger partial charge in [-0.15, -0.1) is 5.10 Å². The van der Waals surface area contributed by atoms with E-state index >= 15 is 0 Å². The maximum atomic E-state index is 10.2. The highest BCUT2D eigenvalue weighted by Gasteiger charge is 2.09. The van der Waals surface area contributed by atoms with E-state index in [4.69, 9.17) is 5.11 Å². The molecule has 0 aliphatic rings. The Hall–Kier alpha value is -1.43. The third-order valence-corrected chi connectivity index (χ3v) is 1.63. The smallest absolute Gasteiger partial charge is 0.342 e. The summed E-state index contributed by atoms with van der Waals surface area (Å²) in [5.41, 5.74) is 0.604. The van der Waals surface area contributed by atoms with Gasteiger partial charge in [-0.05, 0) is 24.7 Å². The van der Waals surface area contributed by atoms with Crippen LogP contribution < -0.4 is 0 Å². The number of aliphatic hydroxyl groups excluding tert-OH is 1. The monoisotopic (exact) mass is 185 g/mol. The number of rotatable bonds is 4. The summed E-state index contributed by atoms with van der Waals surface area (Å²) >= 11 is 0. The van der Waals surface area contributed by atoms with Gasteiger partial charge in [-0.2, -0.15) is 0 Å². The van der Waals surface area contributed by atoms with Gasteiger partial charge in [0.1, 0.15) is 0 Å². The fourth-order valence-electron chi connectivity index (χ4n) is 0.930. The second-order valence-electron chi connectivity index (χ2n) is 2.89. The Labute approximate surface area is 74.7 Å². The van der Waals surface area contributed by atoms with Gasteiger partial charge in [0.2, 0.25) is 0 Å². The Morgan fingerprint density at radius 1 is 1.85 bits per heavy atom. The molecule has 13 heavy (non-hydrogen) atoms. The van der Waals surface area contributed by atoms with Crippen LogP contribution in [-0.4, -0.2) is 26.3 Å². The van der Waals surface area contributed by atoms with E-state index in [9.17, 15) is 10.1 Å². The number of aromatic amines is 1. The van der Waals surface area contributed by atoms with E-state index in [1.165, 1.54) is 6.07 Å². The first-order valence-electron chi connectivity index (χ1n) is 3.96. The standard InChI is InChI=1S/C7H11N3O3/c1-5(11)2-3-6-4-7(9-8-6)10(12)13/h4-5,11H,2-3H2,1H3,(H,8,9)/t5-/m1/s1. The van der Waals surface area contributed by atoms with Gasteiger partial charge >= 0.3 is 5.82 Å². The number of nitro groups is 1. The average molecular weight is 185 g/mol. The van der Waals surface area contributed by atoms with Crippen LogP contribution in [0.5, 0.6) is 0 Å². The summed E-state index contributed by atoms with van der Waals surface area (Å²) in [7, 11) is 0. The zero-order chi connectivity index (χ0) is 9.84. The van der Waals surface area contributed by atoms with E-state index in [0.29, 0.717) is 18.5 Å². The Morgan fingerprint density at radius 2 is 2.54 bits per heavy atom. The van der Waals surface area contributed by atoms with Crippen LogP contribution in [0, 0.1) is 10.1 Å². The predicted octanol–water partition coefficient (Wildman–Crippen LogP) is 0.631. The summed E-state index contributed by atoms with van der Waals surface area (Å²) in [5.74, 6) is -0.111. The summed E-state index contributed by atoms with van der Waals surface area (Å²) in [5, 5.41) is 25.2. The molecule has 0 saturated carbocycles. The van der Waals surface area contributed by atoms with Crippen molar-refractivity contribution in [2.75, 3.05) is 0 Å². The van der Waals surface area contributed by atoms with Crippen molar-refractivity contribution in [1.29, 1.82) is 0 Å². The van der Waals surface area contributed by atoms with Crippen molar-refractivity contribution < 1.29 is 10.0 Å². The third-order valence-electron chi connectivity index (χ3n) is 1.63. The Kier molecular flexibility index (Phi) is 2.97. The summed E-state index contributed by atoms with van der Waals surface area (Å²) < 4.78 is 0. The highest BCUT2D eigenvalue weighted by atomic mass is 16.6. The average Bonchev–Trinajstić information content (AvgIpc) is 2.48. The number of aliphatic hydroxyl groups is 1. The normalized spacial score (nSPS) is 12.8. The van der Waals surface area contributed by atoms with Crippen LogP contribution in [-0.2, 0) is 6.42 Å². The minimum absolute atomic E-state index is 0.111. The van der Waals surface area contributed by atoms with Gasteiger partial charge < -0.3 is 15.2 Å². The molecule has 0 aliphatic carbocycles. The highest BCUT2D eigenvalue weighted by molar-refractivity contribution is 5.20. The van der Waals surface area contributed by atoms with Crippen LogP contribution in [0.15, 0.2) is 6.07 Å². The van der Waals surface area contributed by atoms with Gasteiger partial charge in [-0.1, -0.05) is 5.10 Å². The molecule has 1 aromatic rings. The fourth-order valence-corrected chi connectivity index (χ4v) is 0.930. The van der Waals surface area contributed by atoms with Gasteiger partial charge in [-0.3, -0.25) is 0 Å². The van der Waals surface area contributed by atoms with E-state index in [1.807, 2.05) is 0 Å². The highest BCUT2D eigenvalue weighted by Crippen LogP contribution is 2.10. The molecule has 0 aromatic carbocycles. The molecule has 6 heteroatoms. The van der Waals surface area contributed by atoms with Gasteiger partial charge in [0.15, 0.2) is 0 Å². The van der Waals surface area contributed by atoms with Crippen molar-refractivity contribution >= 4 is 5.82 Å². The number of hydrogen-bond donors (Lipinski definition) is 2. The van der Waals surface area contributed by atoms with E-state index in [2.05, 4.69) is 10.2 Å². The van der Waals surface area contributed by atoms with E-state index in [-0.39, 0.29) is 5.82 Å². The molecule has 1 heterocycles. The second kappa shape index (κ2) is 3.99. The van der Waals surface area contributed by atoms with Gasteiger partial charge in [0.05, 0.1) is 17.9 Å². The van der Waals surface area contributed by atoms with Crippen molar-refractivity contribution in [3.05, 3.63) is 21.9 Å². The SMILES string of the molecule is C[C@@H](O)CCc1cc([N+](=O)[O-])[nH]n1. The van der Waals surface area contributed by atoms with Crippen LogP contribution in [0.1, 0.15) is 19.0 Å². The molecular weight excluding hydrogens is 174 g/mol. The lowest BCUT2D eigenvalue weighted by Gasteiger charge is -1.98. The maximum Gasteiger partial charge on any atom is 0.342 e. The first-order chi connectivity index (χ1) is 6.09. The molecule has 0 bridgehead atoms. The molecule has 6 nitrogen and oxygen atoms in total. The van der Waals surface area contributed by atoms with E-state index < -0.39 is 11.0 Å². The van der Waals surface area contributed by atoms with Crippen LogP contribution in [0.3, 0.4) is 0 Å². The minimum Gasteiger partial charge on any atom is -0.393 e. The molecule has 0 aliphatic heterocycles. The number of aromatic nitrogens is 2. The lowest BCUT2D eigenvalue weighted by Crippen LogP contribution is -2.01. The quantitative estimate of drug-likeness (QED) is 0.531. The molecule has 72 valence electrons. The number of nitrogens with one attached hydrogen (secondary N) is 1. The van der Waals surface area contributed by atoms with Crippen LogP contribution in [0.25, 0.3) is 0 Å². The van der Waals surface area contributed by atoms with Crippen LogP contribution in [0.4, 0.5) is 5.82 Å². The second-order valence-corrected chi connectivity index (χ2v) is 2.89. The van der Waals surface area contributed by atoms with Crippen LogP contribution in [0.2, 0.25) is 0 Å². The molecule has 0 saturated heterocycles. The van der Waals surface area contributed by atoms with E-state index in [1.54, 1.807) is 6.92 Å². The molecule has 0 fully saturated rings. The Morgan fingerprint density at radius 3 is 3.00 bits per heavy atom. The molecule has 1 atom stereocenters. The zero-order valence-electron chi connectivity index (χ0n) is 7.23. The number of H-pyrrole nitrogens is 1. The molecule has 0 amide bonds. The van der Waals surface area contributed by atoms with Crippen molar-refractivity contribution in [2.24, 2.45) is 0 Å². The summed E-state index contributed by atoms with van der Waals surface area (Å²) in [6, 6.07) is 1.38. The summed E-state index contributed by atoms with van der Waals surface area (Å²) in [6.07, 6.45) is 0.694. The molecule has 1 rings (SSSR count). The summed E-state index contributed by atoms with van der Waals surface area (Å²) in [6.45, 7) is 1.67. The van der Waals surface area contributed by atoms with Gasteiger partial charge in [-0.25, -0.2) is 0 Å². The van der Waals surface area contributed by atoms with Gasteiger partial charge in [0.25, 0.3) is 0 Å². The molecule has 0 radical (unpaired) electrons. The van der Waals surface area contributed by atoms with Crippen molar-refractivity contribution in [1.82, 2.24) is 10.2 Å². The Balaban J connectivity index is 2.54. The van der Waals surface area contributed by atoms with Crippen molar-refractivity contribution in [2.45, 2.75) is 25.9 Å². The Bertz CT molecular complexity index is 295. The topological polar surface area (TPSA) is 92.0 Å². The molecule has 0 unspecified atom stereocenters. The first kappa shape index (κ1) is 9.66. The van der Waals surface area contributed by atoms with Crippen molar-refractivity contribution in [3.8, 4) is 0 Å². The lowest BCUT2D eigenvalue weighted by atomic mass is 10.2. The largest absolute Gasteiger partial charge is 0.393 e. The molecule has 2 N–H and O–H groups in total. The third kappa shape index (κ3) is 2.83. The minimum atomic E-state index is -0.529. The predicted molar refractivity (Wildman–Crippen MR) is 45.2 cm³/mol. The first-order valence-corrected chi connectivity index (χ1v) is 3.96.